The van der Waals surface area contributed by atoms with Crippen molar-refractivity contribution in [3.63, 3.8) is 0 Å². The fraction of sp³-hybridized carbons (Fsp3) is 1.00. The van der Waals surface area contributed by atoms with Gasteiger partial charge in [-0.3, -0.25) is 4.90 Å². The maximum Gasteiger partial charge on any atom is 0.0279 e. The second-order valence-corrected chi connectivity index (χ2v) is 6.89. The van der Waals surface area contributed by atoms with Gasteiger partial charge in [-0.05, 0) is 44.9 Å². The van der Waals surface area contributed by atoms with Crippen LogP contribution in [0.25, 0.3) is 0 Å². The zero-order valence-electron chi connectivity index (χ0n) is 12.2. The summed E-state index contributed by atoms with van der Waals surface area (Å²) in [6.07, 6.45) is 5.93. The molecule has 1 fully saturated rings. The molecule has 0 aromatic heterocycles. The molecule has 3 heteroatoms. The molecule has 3 atom stereocenters. The molecule has 0 spiro atoms. The molecule has 1 heterocycles. The molecule has 1 rings (SSSR count). The van der Waals surface area contributed by atoms with Gasteiger partial charge in [0, 0.05) is 23.4 Å². The van der Waals surface area contributed by atoms with Crippen molar-refractivity contribution in [2.45, 2.75) is 63.8 Å². The van der Waals surface area contributed by atoms with Crippen molar-refractivity contribution in [2.75, 3.05) is 19.3 Å². The van der Waals surface area contributed by atoms with Gasteiger partial charge in [0.25, 0.3) is 0 Å². The van der Waals surface area contributed by atoms with Crippen LogP contribution in [0.5, 0.6) is 0 Å². The lowest BCUT2D eigenvalue weighted by Crippen LogP contribution is -2.55. The molecule has 102 valence electrons. The van der Waals surface area contributed by atoms with Crippen LogP contribution in [0, 0.1) is 5.92 Å². The van der Waals surface area contributed by atoms with Crippen LogP contribution in [0.4, 0.5) is 0 Å². The quantitative estimate of drug-likeness (QED) is 0.822. The van der Waals surface area contributed by atoms with Gasteiger partial charge in [0.1, 0.15) is 0 Å². The minimum absolute atomic E-state index is 0.396. The molecule has 17 heavy (non-hydrogen) atoms. The van der Waals surface area contributed by atoms with E-state index >= 15 is 0 Å². The molecule has 2 N–H and O–H groups in total. The molecule has 2 nitrogen and oxygen atoms in total. The highest BCUT2D eigenvalue weighted by molar-refractivity contribution is 8.00. The van der Waals surface area contributed by atoms with Gasteiger partial charge in [0.2, 0.25) is 0 Å². The van der Waals surface area contributed by atoms with Crippen molar-refractivity contribution in [2.24, 2.45) is 11.7 Å². The number of nitrogens with zero attached hydrogens (tertiary/aromatic N) is 1. The molecule has 0 aromatic rings. The standard InChI is InChI=1S/C14H30N2S/c1-6-14(7-2,17-5)10-16-9-8-13(15)11(3)12(16)4/h11-13H,6-10,15H2,1-5H3. The summed E-state index contributed by atoms with van der Waals surface area (Å²) < 4.78 is 0.440. The smallest absolute Gasteiger partial charge is 0.0279 e. The first kappa shape index (κ1) is 15.3. The third-order valence-electron chi connectivity index (χ3n) is 4.97. The number of hydrogen-bond acceptors (Lipinski definition) is 3. The van der Waals surface area contributed by atoms with E-state index in [2.05, 4.69) is 38.9 Å². The van der Waals surface area contributed by atoms with Crippen LogP contribution in [-0.2, 0) is 0 Å². The van der Waals surface area contributed by atoms with Crippen molar-refractivity contribution in [1.82, 2.24) is 4.90 Å². The largest absolute Gasteiger partial charge is 0.327 e. The van der Waals surface area contributed by atoms with Gasteiger partial charge >= 0.3 is 0 Å². The van der Waals surface area contributed by atoms with Crippen molar-refractivity contribution in [3.8, 4) is 0 Å². The monoisotopic (exact) mass is 258 g/mol. The molecule has 1 saturated heterocycles. The molecule has 1 aliphatic heterocycles. The van der Waals surface area contributed by atoms with E-state index < -0.39 is 0 Å². The molecular weight excluding hydrogens is 228 g/mol. The van der Waals surface area contributed by atoms with Gasteiger partial charge in [0.05, 0.1) is 0 Å². The Morgan fingerprint density at radius 3 is 2.35 bits per heavy atom. The maximum absolute atomic E-state index is 6.16. The summed E-state index contributed by atoms with van der Waals surface area (Å²) in [4.78, 5) is 2.66. The highest BCUT2D eigenvalue weighted by atomic mass is 32.2. The van der Waals surface area contributed by atoms with Crippen LogP contribution < -0.4 is 5.73 Å². The Kier molecular flexibility index (Phi) is 5.81. The Bertz CT molecular complexity index is 220. The Balaban J connectivity index is 2.67. The summed E-state index contributed by atoms with van der Waals surface area (Å²) in [6, 6.07) is 1.02. The first-order valence-electron chi connectivity index (χ1n) is 7.04. The van der Waals surface area contributed by atoms with Crippen LogP contribution in [-0.4, -0.2) is 41.1 Å². The van der Waals surface area contributed by atoms with Crippen LogP contribution in [0.1, 0.15) is 47.0 Å². The predicted molar refractivity (Wildman–Crippen MR) is 79.6 cm³/mol. The number of nitrogens with two attached hydrogens (primary N) is 1. The fourth-order valence-electron chi connectivity index (χ4n) is 2.89. The van der Waals surface area contributed by atoms with Crippen molar-refractivity contribution < 1.29 is 0 Å². The molecule has 0 aliphatic carbocycles. The average Bonchev–Trinajstić information content (AvgIpc) is 2.36. The lowest BCUT2D eigenvalue weighted by molar-refractivity contribution is 0.0861. The highest BCUT2D eigenvalue weighted by Gasteiger charge is 2.35. The lowest BCUT2D eigenvalue weighted by atomic mass is 9.86. The average molecular weight is 258 g/mol. The number of thioether (sulfide) groups is 1. The second-order valence-electron chi connectivity index (χ2n) is 5.62. The summed E-state index contributed by atoms with van der Waals surface area (Å²) in [6.45, 7) is 11.7. The van der Waals surface area contributed by atoms with Gasteiger partial charge in [0.15, 0.2) is 0 Å². The predicted octanol–water partition coefficient (Wildman–Crippen LogP) is 2.97. The van der Waals surface area contributed by atoms with E-state index in [0.717, 1.165) is 6.42 Å². The van der Waals surface area contributed by atoms with E-state index in [4.69, 9.17) is 5.73 Å². The Morgan fingerprint density at radius 2 is 1.88 bits per heavy atom. The zero-order valence-corrected chi connectivity index (χ0v) is 13.0. The summed E-state index contributed by atoms with van der Waals surface area (Å²) in [5.74, 6) is 0.622. The van der Waals surface area contributed by atoms with Crippen LogP contribution >= 0.6 is 11.8 Å². The van der Waals surface area contributed by atoms with Gasteiger partial charge in [-0.2, -0.15) is 11.8 Å². The molecular formula is C14H30N2S. The number of hydrogen-bond donors (Lipinski definition) is 1. The van der Waals surface area contributed by atoms with Gasteiger partial charge < -0.3 is 5.73 Å². The minimum Gasteiger partial charge on any atom is -0.327 e. The Morgan fingerprint density at radius 1 is 1.29 bits per heavy atom. The van der Waals surface area contributed by atoms with Gasteiger partial charge in [-0.1, -0.05) is 20.8 Å². The Hall–Kier alpha value is 0.270. The van der Waals surface area contributed by atoms with Crippen LogP contribution in [0.15, 0.2) is 0 Å². The lowest BCUT2D eigenvalue weighted by Gasteiger charge is -2.45. The number of rotatable bonds is 5. The maximum atomic E-state index is 6.16. The summed E-state index contributed by atoms with van der Waals surface area (Å²) in [5.41, 5.74) is 6.16. The highest BCUT2D eigenvalue weighted by Crippen LogP contribution is 2.34. The SMILES string of the molecule is CCC(CC)(CN1CCC(N)C(C)C1C)SC. The third-order valence-corrected chi connectivity index (χ3v) is 6.55. The van der Waals surface area contributed by atoms with Gasteiger partial charge in [-0.25, -0.2) is 0 Å². The Labute approximate surface area is 112 Å². The van der Waals surface area contributed by atoms with E-state index in [1.165, 1.54) is 25.9 Å². The molecule has 0 aromatic carbocycles. The molecule has 0 amide bonds. The molecule has 0 radical (unpaired) electrons. The first-order valence-corrected chi connectivity index (χ1v) is 8.27. The van der Waals surface area contributed by atoms with E-state index in [-0.39, 0.29) is 0 Å². The summed E-state index contributed by atoms with van der Waals surface area (Å²) in [7, 11) is 0. The van der Waals surface area contributed by atoms with E-state index in [1.807, 2.05) is 11.8 Å². The van der Waals surface area contributed by atoms with Crippen molar-refractivity contribution in [3.05, 3.63) is 0 Å². The summed E-state index contributed by atoms with van der Waals surface area (Å²) >= 11 is 2.04. The van der Waals surface area contributed by atoms with E-state index in [9.17, 15) is 0 Å². The number of piperidine rings is 1. The van der Waals surface area contributed by atoms with Gasteiger partial charge in [-0.15, -0.1) is 0 Å². The van der Waals surface area contributed by atoms with Crippen molar-refractivity contribution in [1.29, 1.82) is 0 Å². The minimum atomic E-state index is 0.396. The third kappa shape index (κ3) is 3.39. The van der Waals surface area contributed by atoms with Crippen LogP contribution in [0.2, 0.25) is 0 Å². The molecule has 3 unspecified atom stereocenters. The summed E-state index contributed by atoms with van der Waals surface area (Å²) in [5, 5.41) is 0. The molecule has 0 saturated carbocycles. The van der Waals surface area contributed by atoms with E-state index in [1.54, 1.807) is 0 Å². The molecule has 1 aliphatic rings. The first-order chi connectivity index (χ1) is 7.99. The fourth-order valence-corrected chi connectivity index (χ4v) is 3.76. The zero-order chi connectivity index (χ0) is 13.1. The molecule has 0 bridgehead atoms. The number of likely N-dealkylation sites (tertiary alicyclic amines) is 1. The van der Waals surface area contributed by atoms with Crippen molar-refractivity contribution >= 4 is 11.8 Å². The second kappa shape index (κ2) is 6.44. The van der Waals surface area contributed by atoms with Crippen LogP contribution in [0.3, 0.4) is 0 Å². The topological polar surface area (TPSA) is 29.3 Å². The normalized spacial score (nSPS) is 31.8. The van der Waals surface area contributed by atoms with E-state index in [0.29, 0.717) is 22.7 Å².